The van der Waals surface area contributed by atoms with Crippen LogP contribution in [0.5, 0.6) is 17.4 Å². The van der Waals surface area contributed by atoms with Crippen molar-refractivity contribution in [3.05, 3.63) is 42.1 Å². The third-order valence-electron chi connectivity index (χ3n) is 3.66. The second-order valence-corrected chi connectivity index (χ2v) is 5.65. The van der Waals surface area contributed by atoms with E-state index in [2.05, 4.69) is 20.6 Å². The number of rotatable bonds is 8. The molecule has 158 valence electrons. The maximum absolute atomic E-state index is 12.5. The van der Waals surface area contributed by atoms with Crippen molar-refractivity contribution in [1.82, 2.24) is 10.3 Å². The molecule has 0 amide bonds. The number of hydrogen-bond donors (Lipinski definition) is 2. The summed E-state index contributed by atoms with van der Waals surface area (Å²) in [5, 5.41) is 6.15. The lowest BCUT2D eigenvalue weighted by molar-refractivity contribution is -0.137. The van der Waals surface area contributed by atoms with Gasteiger partial charge in [0.05, 0.1) is 25.8 Å². The molecule has 2 aromatic rings. The molecule has 0 aliphatic heterocycles. The summed E-state index contributed by atoms with van der Waals surface area (Å²) < 4.78 is 53.7. The van der Waals surface area contributed by atoms with Crippen LogP contribution < -0.4 is 24.8 Å². The van der Waals surface area contributed by atoms with Crippen molar-refractivity contribution in [2.24, 2.45) is 4.99 Å². The molecule has 29 heavy (non-hydrogen) atoms. The summed E-state index contributed by atoms with van der Waals surface area (Å²) in [4.78, 5) is 7.76. The fourth-order valence-corrected chi connectivity index (χ4v) is 2.30. The second kappa shape index (κ2) is 10.4. The molecule has 2 rings (SSSR count). The van der Waals surface area contributed by atoms with Crippen LogP contribution >= 0.6 is 0 Å². The van der Waals surface area contributed by atoms with E-state index in [1.54, 1.807) is 26.3 Å². The van der Waals surface area contributed by atoms with Gasteiger partial charge < -0.3 is 24.8 Å². The summed E-state index contributed by atoms with van der Waals surface area (Å²) in [6.07, 6.45) is -3.68. The number of aromatic nitrogens is 1. The number of halogens is 3. The van der Waals surface area contributed by atoms with E-state index in [0.717, 1.165) is 18.0 Å². The molecule has 0 atom stereocenters. The zero-order valence-electron chi connectivity index (χ0n) is 16.3. The third-order valence-corrected chi connectivity index (χ3v) is 3.66. The molecule has 1 aromatic heterocycles. The number of guanidine groups is 1. The fourth-order valence-electron chi connectivity index (χ4n) is 2.30. The average molecular weight is 412 g/mol. The molecule has 7 nitrogen and oxygen atoms in total. The van der Waals surface area contributed by atoms with Crippen LogP contribution in [0.3, 0.4) is 0 Å². The minimum Gasteiger partial charge on any atom is -0.493 e. The van der Waals surface area contributed by atoms with Gasteiger partial charge in [-0.05, 0) is 25.1 Å². The molecule has 0 radical (unpaired) electrons. The van der Waals surface area contributed by atoms with Crippen LogP contribution in [0.2, 0.25) is 0 Å². The molecule has 0 aliphatic carbocycles. The molecule has 0 aliphatic rings. The largest absolute Gasteiger partial charge is 0.493 e. The van der Waals surface area contributed by atoms with E-state index in [-0.39, 0.29) is 12.5 Å². The van der Waals surface area contributed by atoms with Gasteiger partial charge in [0.15, 0.2) is 17.5 Å². The van der Waals surface area contributed by atoms with Crippen LogP contribution in [0.15, 0.2) is 41.5 Å². The Morgan fingerprint density at radius 3 is 2.52 bits per heavy atom. The second-order valence-electron chi connectivity index (χ2n) is 5.65. The highest BCUT2D eigenvalue weighted by molar-refractivity contribution is 5.93. The van der Waals surface area contributed by atoms with Crippen LogP contribution in [0, 0.1) is 0 Å². The van der Waals surface area contributed by atoms with Gasteiger partial charge in [-0.1, -0.05) is 0 Å². The van der Waals surface area contributed by atoms with Gasteiger partial charge in [-0.2, -0.15) is 13.2 Å². The molecule has 0 unspecified atom stereocenters. The number of aliphatic imine (C=N–C) groups is 1. The highest BCUT2D eigenvalue weighted by Gasteiger charge is 2.30. The molecule has 0 bridgehead atoms. The van der Waals surface area contributed by atoms with E-state index in [1.807, 2.05) is 13.0 Å². The first kappa shape index (κ1) is 22.1. The fraction of sp³-hybridized carbons (Fsp3) is 0.368. The van der Waals surface area contributed by atoms with Crippen LogP contribution in [0.4, 0.5) is 18.9 Å². The van der Waals surface area contributed by atoms with Crippen molar-refractivity contribution in [2.45, 2.75) is 13.1 Å². The Labute approximate surface area is 166 Å². The molecule has 0 saturated carbocycles. The highest BCUT2D eigenvalue weighted by atomic mass is 19.4. The standard InChI is InChI=1S/C19H23F3N4O3/c1-4-28-16-11-14(6-7-15(16)27-3)26-18(23-2)24-9-10-29-17-8-5-13(12-25-17)19(20,21)22/h5-8,11-12H,4,9-10H2,1-3H3,(H2,23,24,26). The Morgan fingerprint density at radius 2 is 1.93 bits per heavy atom. The van der Waals surface area contributed by atoms with Gasteiger partial charge in [0.2, 0.25) is 5.88 Å². The lowest BCUT2D eigenvalue weighted by Crippen LogP contribution is -2.33. The van der Waals surface area contributed by atoms with E-state index in [4.69, 9.17) is 14.2 Å². The lowest BCUT2D eigenvalue weighted by atomic mass is 10.2. The molecule has 1 heterocycles. The van der Waals surface area contributed by atoms with Crippen molar-refractivity contribution in [2.75, 3.05) is 39.2 Å². The van der Waals surface area contributed by atoms with Gasteiger partial charge in [-0.25, -0.2) is 4.98 Å². The Hall–Kier alpha value is -3.17. The van der Waals surface area contributed by atoms with Crippen LogP contribution in [0.1, 0.15) is 12.5 Å². The summed E-state index contributed by atoms with van der Waals surface area (Å²) >= 11 is 0. The minimum atomic E-state index is -4.42. The Morgan fingerprint density at radius 1 is 1.14 bits per heavy atom. The number of methoxy groups -OCH3 is 1. The van der Waals surface area contributed by atoms with E-state index in [0.29, 0.717) is 30.6 Å². The molecule has 0 saturated heterocycles. The van der Waals surface area contributed by atoms with Gasteiger partial charge in [0.1, 0.15) is 6.61 Å². The first-order valence-corrected chi connectivity index (χ1v) is 8.82. The SMILES string of the molecule is CCOc1cc(NC(=NC)NCCOc2ccc(C(F)(F)F)cn2)ccc1OC. The molecular weight excluding hydrogens is 389 g/mol. The van der Waals surface area contributed by atoms with Gasteiger partial charge in [-0.3, -0.25) is 4.99 Å². The Balaban J connectivity index is 1.84. The van der Waals surface area contributed by atoms with Gasteiger partial charge in [0, 0.05) is 31.1 Å². The van der Waals surface area contributed by atoms with E-state index < -0.39 is 11.7 Å². The van der Waals surface area contributed by atoms with Gasteiger partial charge in [-0.15, -0.1) is 0 Å². The predicted octanol–water partition coefficient (Wildman–Crippen LogP) is 3.57. The minimum absolute atomic E-state index is 0.110. The number of nitrogens with zero attached hydrogens (tertiary/aromatic N) is 2. The number of pyridine rings is 1. The van der Waals surface area contributed by atoms with Crippen molar-refractivity contribution in [1.29, 1.82) is 0 Å². The number of benzene rings is 1. The number of anilines is 1. The zero-order valence-corrected chi connectivity index (χ0v) is 16.3. The summed E-state index contributed by atoms with van der Waals surface area (Å²) in [6, 6.07) is 7.49. The lowest BCUT2D eigenvalue weighted by Gasteiger charge is -2.15. The van der Waals surface area contributed by atoms with E-state index >= 15 is 0 Å². The van der Waals surface area contributed by atoms with Gasteiger partial charge >= 0.3 is 6.18 Å². The molecule has 2 N–H and O–H groups in total. The Kier molecular flexibility index (Phi) is 7.93. The first-order chi connectivity index (χ1) is 13.9. The number of alkyl halides is 3. The maximum Gasteiger partial charge on any atom is 0.417 e. The monoisotopic (exact) mass is 412 g/mol. The number of hydrogen-bond acceptors (Lipinski definition) is 5. The van der Waals surface area contributed by atoms with Crippen LogP contribution in [-0.2, 0) is 6.18 Å². The Bertz CT molecular complexity index is 811. The molecule has 0 fully saturated rings. The van der Waals surface area contributed by atoms with Crippen LogP contribution in [-0.4, -0.2) is 44.9 Å². The molecule has 1 aromatic carbocycles. The summed E-state index contributed by atoms with van der Waals surface area (Å²) in [6.45, 7) is 2.93. The van der Waals surface area contributed by atoms with Gasteiger partial charge in [0.25, 0.3) is 0 Å². The molecule has 10 heteroatoms. The molecule has 0 spiro atoms. The number of ether oxygens (including phenoxy) is 3. The molecular formula is C19H23F3N4O3. The summed E-state index contributed by atoms with van der Waals surface area (Å²) in [7, 11) is 3.18. The maximum atomic E-state index is 12.5. The van der Waals surface area contributed by atoms with Crippen molar-refractivity contribution >= 4 is 11.6 Å². The highest BCUT2D eigenvalue weighted by Crippen LogP contribution is 2.30. The first-order valence-electron chi connectivity index (χ1n) is 8.82. The topological polar surface area (TPSA) is 77.0 Å². The quantitative estimate of drug-likeness (QED) is 0.392. The normalized spacial score (nSPS) is 11.7. The third kappa shape index (κ3) is 6.74. The summed E-state index contributed by atoms with van der Waals surface area (Å²) in [5.41, 5.74) is -0.0776. The summed E-state index contributed by atoms with van der Waals surface area (Å²) in [5.74, 6) is 1.82. The van der Waals surface area contributed by atoms with E-state index in [1.165, 1.54) is 6.07 Å². The smallest absolute Gasteiger partial charge is 0.417 e. The van der Waals surface area contributed by atoms with Crippen molar-refractivity contribution in [3.8, 4) is 17.4 Å². The zero-order chi connectivity index (χ0) is 21.3. The van der Waals surface area contributed by atoms with Crippen molar-refractivity contribution < 1.29 is 27.4 Å². The average Bonchev–Trinajstić information content (AvgIpc) is 2.70. The van der Waals surface area contributed by atoms with E-state index in [9.17, 15) is 13.2 Å². The number of nitrogens with one attached hydrogen (secondary N) is 2. The predicted molar refractivity (Wildman–Crippen MR) is 104 cm³/mol. The van der Waals surface area contributed by atoms with Crippen molar-refractivity contribution in [3.63, 3.8) is 0 Å². The van der Waals surface area contributed by atoms with Crippen LogP contribution in [0.25, 0.3) is 0 Å².